The van der Waals surface area contributed by atoms with Gasteiger partial charge in [-0.05, 0) is 50.5 Å². The zero-order chi connectivity index (χ0) is 16.2. The molecule has 0 aromatic heterocycles. The van der Waals surface area contributed by atoms with Gasteiger partial charge in [0.05, 0.1) is 13.7 Å². The molecule has 0 heterocycles. The maximum absolute atomic E-state index is 5.33. The summed E-state index contributed by atoms with van der Waals surface area (Å²) in [4.78, 5) is 4.62. The number of benzene rings is 1. The van der Waals surface area contributed by atoms with Gasteiger partial charge in [-0.25, -0.2) is 4.99 Å². The number of nitrogens with zero attached hydrogens (tertiary/aromatic N) is 1. The van der Waals surface area contributed by atoms with Crippen molar-refractivity contribution in [1.82, 2.24) is 10.6 Å². The molecule has 2 N–H and O–H groups in total. The van der Waals surface area contributed by atoms with Crippen LogP contribution in [0.25, 0.3) is 0 Å². The first-order valence-electron chi connectivity index (χ1n) is 7.94. The molecule has 0 aliphatic rings. The summed E-state index contributed by atoms with van der Waals surface area (Å²) in [7, 11) is 1.69. The summed E-state index contributed by atoms with van der Waals surface area (Å²) in [6, 6.07) is 6.17. The van der Waals surface area contributed by atoms with Gasteiger partial charge in [0.15, 0.2) is 5.96 Å². The molecule has 0 radical (unpaired) electrons. The SMILES string of the molecule is CCNC(=NCc1cc(C)cc(OC)c1)NCCCOCC.I. The van der Waals surface area contributed by atoms with Gasteiger partial charge in [0.25, 0.3) is 0 Å². The van der Waals surface area contributed by atoms with Gasteiger partial charge in [-0.15, -0.1) is 24.0 Å². The number of aliphatic imine (C=N–C) groups is 1. The average molecular weight is 435 g/mol. The second kappa shape index (κ2) is 13.4. The number of methoxy groups -OCH3 is 1. The van der Waals surface area contributed by atoms with E-state index in [0.29, 0.717) is 6.54 Å². The van der Waals surface area contributed by atoms with Crippen LogP contribution in [0.15, 0.2) is 23.2 Å². The molecule has 23 heavy (non-hydrogen) atoms. The predicted octanol–water partition coefficient (Wildman–Crippen LogP) is 3.10. The van der Waals surface area contributed by atoms with Gasteiger partial charge < -0.3 is 20.1 Å². The standard InChI is InChI=1S/C17H29N3O2.HI/c1-5-18-17(19-8-7-9-22-6-2)20-13-15-10-14(3)11-16(12-15)21-4;/h10-12H,5-9,13H2,1-4H3,(H2,18,19,20);1H. The van der Waals surface area contributed by atoms with Crippen molar-refractivity contribution in [3.05, 3.63) is 29.3 Å². The highest BCUT2D eigenvalue weighted by Gasteiger charge is 2.00. The molecule has 0 aliphatic heterocycles. The second-order valence-electron chi connectivity index (χ2n) is 5.03. The zero-order valence-electron chi connectivity index (χ0n) is 14.6. The van der Waals surface area contributed by atoms with Crippen LogP contribution in [0.3, 0.4) is 0 Å². The van der Waals surface area contributed by atoms with Crippen LogP contribution >= 0.6 is 24.0 Å². The third-order valence-corrected chi connectivity index (χ3v) is 3.07. The number of rotatable bonds is 9. The zero-order valence-corrected chi connectivity index (χ0v) is 17.0. The van der Waals surface area contributed by atoms with E-state index >= 15 is 0 Å². The molecule has 0 atom stereocenters. The number of halogens is 1. The van der Waals surface area contributed by atoms with E-state index in [1.807, 2.05) is 19.1 Å². The van der Waals surface area contributed by atoms with Crippen LogP contribution < -0.4 is 15.4 Å². The van der Waals surface area contributed by atoms with E-state index in [-0.39, 0.29) is 24.0 Å². The minimum atomic E-state index is 0. The van der Waals surface area contributed by atoms with E-state index in [1.54, 1.807) is 7.11 Å². The largest absolute Gasteiger partial charge is 0.497 e. The molecule has 5 nitrogen and oxygen atoms in total. The van der Waals surface area contributed by atoms with Crippen LogP contribution in [0.1, 0.15) is 31.4 Å². The van der Waals surface area contributed by atoms with E-state index in [1.165, 1.54) is 5.56 Å². The van der Waals surface area contributed by atoms with Crippen LogP contribution in [0, 0.1) is 6.92 Å². The highest BCUT2D eigenvalue weighted by atomic mass is 127. The topological polar surface area (TPSA) is 54.9 Å². The smallest absolute Gasteiger partial charge is 0.191 e. The van der Waals surface area contributed by atoms with E-state index in [2.05, 4.69) is 35.5 Å². The average Bonchev–Trinajstić information content (AvgIpc) is 2.51. The molecule has 0 aliphatic carbocycles. The molecule has 0 spiro atoms. The monoisotopic (exact) mass is 435 g/mol. The number of hydrogen-bond acceptors (Lipinski definition) is 3. The molecule has 0 bridgehead atoms. The van der Waals surface area contributed by atoms with Crippen molar-refractivity contribution >= 4 is 29.9 Å². The van der Waals surface area contributed by atoms with Crippen LogP contribution in [-0.2, 0) is 11.3 Å². The molecule has 0 amide bonds. The van der Waals surface area contributed by atoms with Crippen molar-refractivity contribution in [3.8, 4) is 5.75 Å². The first-order chi connectivity index (χ1) is 10.7. The highest BCUT2D eigenvalue weighted by molar-refractivity contribution is 14.0. The summed E-state index contributed by atoms with van der Waals surface area (Å²) in [6.45, 7) is 9.99. The Bertz CT molecular complexity index is 467. The summed E-state index contributed by atoms with van der Waals surface area (Å²) in [6.07, 6.45) is 0.969. The molecule has 0 saturated heterocycles. The molecule has 0 unspecified atom stereocenters. The minimum Gasteiger partial charge on any atom is -0.497 e. The summed E-state index contributed by atoms with van der Waals surface area (Å²) in [5, 5.41) is 6.57. The van der Waals surface area contributed by atoms with Crippen LogP contribution in [0.4, 0.5) is 0 Å². The number of ether oxygens (including phenoxy) is 2. The van der Waals surface area contributed by atoms with Crippen LogP contribution in [0.2, 0.25) is 0 Å². The second-order valence-corrected chi connectivity index (χ2v) is 5.03. The van der Waals surface area contributed by atoms with Crippen LogP contribution in [0.5, 0.6) is 5.75 Å². The number of aryl methyl sites for hydroxylation is 1. The van der Waals surface area contributed by atoms with Crippen molar-refractivity contribution in [1.29, 1.82) is 0 Å². The van der Waals surface area contributed by atoms with Gasteiger partial charge in [0.1, 0.15) is 5.75 Å². The Morgan fingerprint density at radius 2 is 1.96 bits per heavy atom. The van der Waals surface area contributed by atoms with Gasteiger partial charge in [-0.2, -0.15) is 0 Å². The molecule has 0 saturated carbocycles. The quantitative estimate of drug-likeness (QED) is 0.271. The summed E-state index contributed by atoms with van der Waals surface area (Å²) >= 11 is 0. The number of guanidine groups is 1. The fraction of sp³-hybridized carbons (Fsp3) is 0.588. The molecule has 6 heteroatoms. The van der Waals surface area contributed by atoms with Gasteiger partial charge in [0, 0.05) is 26.3 Å². The Morgan fingerprint density at radius 3 is 2.61 bits per heavy atom. The lowest BCUT2D eigenvalue weighted by atomic mass is 10.1. The fourth-order valence-electron chi connectivity index (χ4n) is 2.07. The summed E-state index contributed by atoms with van der Waals surface area (Å²) in [5.41, 5.74) is 2.32. The summed E-state index contributed by atoms with van der Waals surface area (Å²) < 4.78 is 10.6. The molecular formula is C17H30IN3O2. The van der Waals surface area contributed by atoms with E-state index in [9.17, 15) is 0 Å². The lowest BCUT2D eigenvalue weighted by Gasteiger charge is -2.11. The lowest BCUT2D eigenvalue weighted by molar-refractivity contribution is 0.145. The van der Waals surface area contributed by atoms with Gasteiger partial charge in [-0.3, -0.25) is 0 Å². The van der Waals surface area contributed by atoms with E-state index < -0.39 is 0 Å². The maximum Gasteiger partial charge on any atom is 0.191 e. The Kier molecular flexibility index (Phi) is 12.8. The lowest BCUT2D eigenvalue weighted by Crippen LogP contribution is -2.38. The predicted molar refractivity (Wildman–Crippen MR) is 107 cm³/mol. The Hall–Kier alpha value is -1.02. The minimum absolute atomic E-state index is 0. The van der Waals surface area contributed by atoms with Crippen LogP contribution in [-0.4, -0.2) is 39.4 Å². The third-order valence-electron chi connectivity index (χ3n) is 3.07. The van der Waals surface area contributed by atoms with Crippen molar-refractivity contribution in [2.45, 2.75) is 33.7 Å². The van der Waals surface area contributed by atoms with Gasteiger partial charge in [0.2, 0.25) is 0 Å². The molecule has 1 aromatic rings. The molecule has 0 fully saturated rings. The first-order valence-corrected chi connectivity index (χ1v) is 7.94. The van der Waals surface area contributed by atoms with Gasteiger partial charge >= 0.3 is 0 Å². The van der Waals surface area contributed by atoms with Crippen molar-refractivity contribution in [2.75, 3.05) is 33.4 Å². The fourth-order valence-corrected chi connectivity index (χ4v) is 2.07. The highest BCUT2D eigenvalue weighted by Crippen LogP contribution is 2.16. The van der Waals surface area contributed by atoms with E-state index in [0.717, 1.165) is 50.0 Å². The number of nitrogens with one attached hydrogen (secondary N) is 2. The Morgan fingerprint density at radius 1 is 1.17 bits per heavy atom. The molecule has 1 rings (SSSR count). The van der Waals surface area contributed by atoms with Gasteiger partial charge in [-0.1, -0.05) is 6.07 Å². The van der Waals surface area contributed by atoms with Crippen molar-refractivity contribution in [3.63, 3.8) is 0 Å². The third kappa shape index (κ3) is 9.65. The first kappa shape index (κ1) is 22.0. The van der Waals surface area contributed by atoms with Crippen molar-refractivity contribution < 1.29 is 9.47 Å². The molecular weight excluding hydrogens is 405 g/mol. The molecule has 132 valence electrons. The number of hydrogen-bond donors (Lipinski definition) is 2. The Labute approximate surface area is 157 Å². The summed E-state index contributed by atoms with van der Waals surface area (Å²) in [5.74, 6) is 1.71. The van der Waals surface area contributed by atoms with Crippen molar-refractivity contribution in [2.24, 2.45) is 4.99 Å². The van der Waals surface area contributed by atoms with E-state index in [4.69, 9.17) is 9.47 Å². The Balaban J connectivity index is 0.00000484. The maximum atomic E-state index is 5.33. The molecule has 1 aromatic carbocycles. The normalized spacial score (nSPS) is 10.9.